The van der Waals surface area contributed by atoms with Crippen LogP contribution < -0.4 is 5.32 Å². The van der Waals surface area contributed by atoms with Gasteiger partial charge >= 0.3 is 0 Å². The number of halogens is 3. The molecule has 0 saturated carbocycles. The van der Waals surface area contributed by atoms with Gasteiger partial charge in [0.2, 0.25) is 0 Å². The maximum Gasteiger partial charge on any atom is 0.284 e. The van der Waals surface area contributed by atoms with Crippen molar-refractivity contribution in [3.63, 3.8) is 0 Å². The van der Waals surface area contributed by atoms with E-state index in [0.717, 1.165) is 25.1 Å². The number of ether oxygens (including phenoxy) is 1. The molecule has 7 nitrogen and oxygen atoms in total. The molecule has 1 aliphatic rings. The van der Waals surface area contributed by atoms with Crippen molar-refractivity contribution in [3.05, 3.63) is 58.3 Å². The van der Waals surface area contributed by atoms with E-state index in [-0.39, 0.29) is 33.4 Å². The lowest BCUT2D eigenvalue weighted by Crippen LogP contribution is -2.19. The summed E-state index contributed by atoms with van der Waals surface area (Å²) in [7, 11) is 0. The molecule has 1 aromatic carbocycles. The molecule has 1 N–H and O–H groups in total. The van der Waals surface area contributed by atoms with Gasteiger partial charge in [0.15, 0.2) is 23.6 Å². The largest absolute Gasteiger partial charge is 0.356 e. The number of aromatic nitrogens is 3. The van der Waals surface area contributed by atoms with Gasteiger partial charge in [0.1, 0.15) is 17.4 Å². The molecular formula is C23H20F3N5O2. The van der Waals surface area contributed by atoms with E-state index >= 15 is 4.39 Å². The first kappa shape index (κ1) is 22.5. The second kappa shape index (κ2) is 9.03. The van der Waals surface area contributed by atoms with Gasteiger partial charge in [-0.3, -0.25) is 9.78 Å². The number of carbonyl (C=O) groups is 1. The van der Waals surface area contributed by atoms with E-state index in [1.807, 2.05) is 6.07 Å². The average Bonchev–Trinajstić information content (AvgIpc) is 3.21. The molecule has 2 aromatic heterocycles. The Hall–Kier alpha value is -3.71. The summed E-state index contributed by atoms with van der Waals surface area (Å²) in [4.78, 5) is 16.2. The van der Waals surface area contributed by atoms with E-state index in [0.29, 0.717) is 18.7 Å². The van der Waals surface area contributed by atoms with Gasteiger partial charge in [-0.2, -0.15) is 10.4 Å². The first-order valence-corrected chi connectivity index (χ1v) is 10.3. The molecule has 1 atom stereocenters. The number of amides is 1. The van der Waals surface area contributed by atoms with E-state index in [2.05, 4.69) is 15.4 Å². The van der Waals surface area contributed by atoms with Crippen LogP contribution in [0.4, 0.5) is 18.9 Å². The molecule has 3 aromatic rings. The van der Waals surface area contributed by atoms with Crippen molar-refractivity contribution in [3.8, 4) is 6.07 Å². The van der Waals surface area contributed by atoms with Crippen LogP contribution in [0, 0.1) is 36.8 Å². The molecule has 10 heteroatoms. The number of rotatable bonds is 4. The van der Waals surface area contributed by atoms with Gasteiger partial charge in [0.25, 0.3) is 5.91 Å². The number of benzene rings is 1. The van der Waals surface area contributed by atoms with Crippen LogP contribution in [0.15, 0.2) is 24.2 Å². The summed E-state index contributed by atoms with van der Waals surface area (Å²) in [5.41, 5.74) is 0.283. The Kier molecular flexibility index (Phi) is 6.16. The van der Waals surface area contributed by atoms with Gasteiger partial charge in [-0.05, 0) is 45.3 Å². The fourth-order valence-corrected chi connectivity index (χ4v) is 3.79. The Bertz CT molecular complexity index is 1320. The van der Waals surface area contributed by atoms with E-state index in [4.69, 9.17) is 4.74 Å². The molecule has 1 fully saturated rings. The molecule has 0 radical (unpaired) electrons. The van der Waals surface area contributed by atoms with E-state index in [1.54, 1.807) is 6.92 Å². The summed E-state index contributed by atoms with van der Waals surface area (Å²) in [6.45, 7) is 3.45. The SMILES string of the molecule is Cc1ncc(F)c(C)c1NC(=O)/C(F)=C/c1ccc2c(C#N)nn(C3CCCCO3)c2c1F. The Balaban J connectivity index is 1.71. The predicted molar refractivity (Wildman–Crippen MR) is 115 cm³/mol. The lowest BCUT2D eigenvalue weighted by molar-refractivity contribution is -0.114. The van der Waals surface area contributed by atoms with Crippen molar-refractivity contribution in [1.29, 1.82) is 5.26 Å². The molecule has 1 aliphatic heterocycles. The quantitative estimate of drug-likeness (QED) is 0.568. The Morgan fingerprint density at radius 2 is 2.12 bits per heavy atom. The molecule has 0 bridgehead atoms. The number of fused-ring (bicyclic) bond motifs is 1. The van der Waals surface area contributed by atoms with Gasteiger partial charge in [-0.25, -0.2) is 17.9 Å². The summed E-state index contributed by atoms with van der Waals surface area (Å²) in [5, 5.41) is 16.1. The van der Waals surface area contributed by atoms with Crippen LogP contribution >= 0.6 is 0 Å². The van der Waals surface area contributed by atoms with Crippen LogP contribution in [0.3, 0.4) is 0 Å². The van der Waals surface area contributed by atoms with Crippen LogP contribution in [0.5, 0.6) is 0 Å². The second-order valence-electron chi connectivity index (χ2n) is 7.73. The molecule has 1 saturated heterocycles. The number of nitriles is 1. The Morgan fingerprint density at radius 1 is 1.33 bits per heavy atom. The molecule has 170 valence electrons. The van der Waals surface area contributed by atoms with E-state index in [1.165, 1.54) is 23.7 Å². The highest BCUT2D eigenvalue weighted by Gasteiger charge is 2.25. The number of hydrogen-bond donors (Lipinski definition) is 1. The number of pyridine rings is 1. The van der Waals surface area contributed by atoms with Crippen LogP contribution in [-0.4, -0.2) is 27.3 Å². The fourth-order valence-electron chi connectivity index (χ4n) is 3.79. The highest BCUT2D eigenvalue weighted by Crippen LogP contribution is 2.31. The third-order valence-electron chi connectivity index (χ3n) is 5.58. The normalized spacial score (nSPS) is 16.6. The zero-order chi connectivity index (χ0) is 23.7. The summed E-state index contributed by atoms with van der Waals surface area (Å²) in [6.07, 6.45) is 3.53. The zero-order valence-corrected chi connectivity index (χ0v) is 18.0. The molecule has 1 unspecified atom stereocenters. The monoisotopic (exact) mass is 455 g/mol. The topological polar surface area (TPSA) is 92.8 Å². The van der Waals surface area contributed by atoms with Crippen LogP contribution in [-0.2, 0) is 9.53 Å². The number of anilines is 1. The zero-order valence-electron chi connectivity index (χ0n) is 18.0. The first-order valence-electron chi connectivity index (χ1n) is 10.3. The summed E-state index contributed by atoms with van der Waals surface area (Å²) in [6, 6.07) is 4.65. The van der Waals surface area contributed by atoms with Crippen LogP contribution in [0.1, 0.15) is 48.0 Å². The van der Waals surface area contributed by atoms with Gasteiger partial charge in [-0.15, -0.1) is 0 Å². The summed E-state index contributed by atoms with van der Waals surface area (Å²) < 4.78 is 50.9. The lowest BCUT2D eigenvalue weighted by atomic mass is 10.1. The highest BCUT2D eigenvalue weighted by molar-refractivity contribution is 6.05. The maximum absolute atomic E-state index is 15.4. The summed E-state index contributed by atoms with van der Waals surface area (Å²) in [5.74, 6) is -3.94. The van der Waals surface area contributed by atoms with Gasteiger partial charge in [-0.1, -0.05) is 6.07 Å². The minimum Gasteiger partial charge on any atom is -0.356 e. The molecule has 4 rings (SSSR count). The molecular weight excluding hydrogens is 435 g/mol. The van der Waals surface area contributed by atoms with E-state index < -0.39 is 29.6 Å². The number of aryl methyl sites for hydroxylation is 1. The Morgan fingerprint density at radius 3 is 2.82 bits per heavy atom. The molecule has 0 spiro atoms. The van der Waals surface area contributed by atoms with Gasteiger partial charge in [0, 0.05) is 23.1 Å². The van der Waals surface area contributed by atoms with Gasteiger partial charge < -0.3 is 10.1 Å². The minimum absolute atomic E-state index is 0.00132. The van der Waals surface area contributed by atoms with Crippen molar-refractivity contribution in [2.45, 2.75) is 39.3 Å². The van der Waals surface area contributed by atoms with E-state index in [9.17, 15) is 18.8 Å². The first-order chi connectivity index (χ1) is 15.8. The van der Waals surface area contributed by atoms with Gasteiger partial charge in [0.05, 0.1) is 17.6 Å². The standard InChI is InChI=1S/C23H20F3N5O2/c1-12-17(25)11-28-13(2)21(12)29-23(32)16(24)9-14-6-7-15-18(10-27)30-31(22(15)20(14)26)19-5-3-4-8-33-19/h6-7,9,11,19H,3-5,8H2,1-2H3,(H,29,32)/b16-9-. The number of hydrogen-bond acceptors (Lipinski definition) is 5. The Labute approximate surface area is 187 Å². The van der Waals surface area contributed by atoms with Crippen molar-refractivity contribution in [2.75, 3.05) is 11.9 Å². The van der Waals surface area contributed by atoms with Crippen molar-refractivity contribution in [1.82, 2.24) is 14.8 Å². The summed E-state index contributed by atoms with van der Waals surface area (Å²) >= 11 is 0. The molecule has 0 aliphatic carbocycles. The maximum atomic E-state index is 15.4. The van der Waals surface area contributed by atoms with Crippen LogP contribution in [0.25, 0.3) is 17.0 Å². The molecule has 3 heterocycles. The van der Waals surface area contributed by atoms with Crippen molar-refractivity contribution in [2.24, 2.45) is 0 Å². The fraction of sp³-hybridized carbons (Fsp3) is 0.304. The third kappa shape index (κ3) is 4.19. The lowest BCUT2D eigenvalue weighted by Gasteiger charge is -2.23. The minimum atomic E-state index is -1.28. The molecule has 33 heavy (non-hydrogen) atoms. The number of carbonyl (C=O) groups excluding carboxylic acids is 1. The highest BCUT2D eigenvalue weighted by atomic mass is 19.1. The van der Waals surface area contributed by atoms with Crippen LogP contribution in [0.2, 0.25) is 0 Å². The smallest absolute Gasteiger partial charge is 0.284 e. The molecule has 1 amide bonds. The number of nitrogens with zero attached hydrogens (tertiary/aromatic N) is 4. The average molecular weight is 455 g/mol. The second-order valence-corrected chi connectivity index (χ2v) is 7.73. The number of nitrogens with one attached hydrogen (secondary N) is 1. The third-order valence-corrected chi connectivity index (χ3v) is 5.58. The van der Waals surface area contributed by atoms with Crippen molar-refractivity contribution < 1.29 is 22.7 Å². The predicted octanol–water partition coefficient (Wildman–Crippen LogP) is 4.85. The van der Waals surface area contributed by atoms with Crippen molar-refractivity contribution >= 4 is 28.6 Å².